The van der Waals surface area contributed by atoms with E-state index in [1.54, 1.807) is 30.3 Å². The Morgan fingerprint density at radius 1 is 1.17 bits per heavy atom. The van der Waals surface area contributed by atoms with Crippen LogP contribution in [0.15, 0.2) is 40.2 Å². The Hall–Kier alpha value is -0.910. The molecule has 0 radical (unpaired) electrons. The predicted octanol–water partition coefficient (Wildman–Crippen LogP) is 2.40. The minimum absolute atomic E-state index is 0. The Morgan fingerprint density at radius 2 is 1.93 bits per heavy atom. The smallest absolute Gasteiger partial charge is 0.240 e. The minimum Gasteiger partial charge on any atom is -0.357 e. The number of rotatable bonds is 10. The molecule has 1 fully saturated rings. The van der Waals surface area contributed by atoms with Crippen molar-refractivity contribution in [1.29, 1.82) is 0 Å². The highest BCUT2D eigenvalue weighted by atomic mass is 127. The number of sulfonamides is 1. The van der Waals surface area contributed by atoms with Crippen LogP contribution in [-0.2, 0) is 10.0 Å². The van der Waals surface area contributed by atoms with Crippen molar-refractivity contribution in [1.82, 2.24) is 20.3 Å². The molecule has 1 aliphatic heterocycles. The second kappa shape index (κ2) is 14.2. The van der Waals surface area contributed by atoms with Gasteiger partial charge in [0.1, 0.15) is 0 Å². The van der Waals surface area contributed by atoms with E-state index in [0.29, 0.717) is 19.1 Å². The average Bonchev–Trinajstić information content (AvgIpc) is 2.70. The molecule has 1 saturated heterocycles. The van der Waals surface area contributed by atoms with Gasteiger partial charge in [0.25, 0.3) is 0 Å². The van der Waals surface area contributed by atoms with Gasteiger partial charge in [-0.1, -0.05) is 24.6 Å². The maximum absolute atomic E-state index is 12.2. The van der Waals surface area contributed by atoms with E-state index < -0.39 is 10.0 Å². The maximum Gasteiger partial charge on any atom is 0.240 e. The number of benzene rings is 1. The van der Waals surface area contributed by atoms with Gasteiger partial charge in [-0.25, -0.2) is 13.1 Å². The lowest BCUT2D eigenvalue weighted by atomic mass is 10.0. The van der Waals surface area contributed by atoms with E-state index in [0.717, 1.165) is 32.0 Å². The van der Waals surface area contributed by atoms with Crippen LogP contribution in [0.3, 0.4) is 0 Å². The molecule has 1 aromatic carbocycles. The van der Waals surface area contributed by atoms with Crippen molar-refractivity contribution in [2.24, 2.45) is 4.99 Å². The van der Waals surface area contributed by atoms with E-state index in [1.165, 1.54) is 25.8 Å². The molecule has 0 aliphatic carbocycles. The molecule has 1 heterocycles. The summed E-state index contributed by atoms with van der Waals surface area (Å²) in [5.41, 5.74) is 0. The molecule has 0 amide bonds. The summed E-state index contributed by atoms with van der Waals surface area (Å²) in [5.74, 6) is 0.730. The predicted molar refractivity (Wildman–Crippen MR) is 131 cm³/mol. The molecular weight excluding hydrogens is 501 g/mol. The molecule has 1 aliphatic rings. The molecule has 0 aromatic heterocycles. The first-order valence-electron chi connectivity index (χ1n) is 10.3. The quantitative estimate of drug-likeness (QED) is 0.185. The number of hydrogen-bond donors (Lipinski definition) is 3. The van der Waals surface area contributed by atoms with Crippen molar-refractivity contribution < 1.29 is 8.42 Å². The van der Waals surface area contributed by atoms with E-state index in [2.05, 4.69) is 32.2 Å². The van der Waals surface area contributed by atoms with Gasteiger partial charge in [0.2, 0.25) is 10.0 Å². The first-order valence-corrected chi connectivity index (χ1v) is 11.8. The normalized spacial score (nSPS) is 18.1. The number of likely N-dealkylation sites (tertiary alicyclic amines) is 1. The number of guanidine groups is 1. The fourth-order valence-electron chi connectivity index (χ4n) is 3.35. The van der Waals surface area contributed by atoms with Gasteiger partial charge in [-0.2, -0.15) is 0 Å². The van der Waals surface area contributed by atoms with Gasteiger partial charge in [0.05, 0.1) is 4.90 Å². The van der Waals surface area contributed by atoms with Crippen LogP contribution >= 0.6 is 24.0 Å². The number of nitrogens with one attached hydrogen (secondary N) is 3. The van der Waals surface area contributed by atoms with Crippen LogP contribution in [0.25, 0.3) is 0 Å². The third-order valence-corrected chi connectivity index (χ3v) is 6.40. The first-order chi connectivity index (χ1) is 13.5. The lowest BCUT2D eigenvalue weighted by molar-refractivity contribution is 0.160. The van der Waals surface area contributed by atoms with E-state index >= 15 is 0 Å². The van der Waals surface area contributed by atoms with Crippen LogP contribution in [-0.4, -0.2) is 64.6 Å². The van der Waals surface area contributed by atoms with Crippen LogP contribution in [0, 0.1) is 0 Å². The number of hydrogen-bond acceptors (Lipinski definition) is 4. The number of aliphatic imine (C=N–C) groups is 1. The monoisotopic (exact) mass is 537 g/mol. The van der Waals surface area contributed by atoms with Crippen LogP contribution < -0.4 is 15.4 Å². The van der Waals surface area contributed by atoms with Crippen molar-refractivity contribution in [2.45, 2.75) is 50.5 Å². The van der Waals surface area contributed by atoms with Crippen molar-refractivity contribution in [3.8, 4) is 0 Å². The topological polar surface area (TPSA) is 85.8 Å². The van der Waals surface area contributed by atoms with Crippen molar-refractivity contribution in [2.75, 3.05) is 39.3 Å². The van der Waals surface area contributed by atoms with Gasteiger partial charge in [-0.3, -0.25) is 4.99 Å². The number of nitrogens with zero attached hydrogens (tertiary/aromatic N) is 2. The van der Waals surface area contributed by atoms with Crippen LogP contribution in [0.1, 0.15) is 39.5 Å². The Morgan fingerprint density at radius 3 is 2.62 bits per heavy atom. The molecule has 1 aromatic rings. The van der Waals surface area contributed by atoms with Gasteiger partial charge in [-0.05, 0) is 51.8 Å². The van der Waals surface area contributed by atoms with E-state index in [-0.39, 0.29) is 28.9 Å². The second-order valence-electron chi connectivity index (χ2n) is 7.13. The first kappa shape index (κ1) is 26.1. The standard InChI is InChI=1S/C20H35N5O2S.HI/c1-3-21-20(22-13-9-17-25-16-8-7-10-18(25)2)23-14-15-24-28(26,27)19-11-5-4-6-12-19;/h4-6,11-12,18,24H,3,7-10,13-17H2,1-2H3,(H2,21,22,23);1H. The van der Waals surface area contributed by atoms with Crippen molar-refractivity contribution >= 4 is 40.0 Å². The fourth-order valence-corrected chi connectivity index (χ4v) is 4.40. The van der Waals surface area contributed by atoms with Gasteiger partial charge >= 0.3 is 0 Å². The summed E-state index contributed by atoms with van der Waals surface area (Å²) in [5, 5.41) is 6.40. The van der Waals surface area contributed by atoms with Crippen molar-refractivity contribution in [3.63, 3.8) is 0 Å². The van der Waals surface area contributed by atoms with E-state index in [9.17, 15) is 8.42 Å². The molecule has 0 spiro atoms. The molecule has 166 valence electrons. The summed E-state index contributed by atoms with van der Waals surface area (Å²) in [6.45, 7) is 8.91. The van der Waals surface area contributed by atoms with E-state index in [4.69, 9.17) is 0 Å². The van der Waals surface area contributed by atoms with Crippen LogP contribution in [0.2, 0.25) is 0 Å². The summed E-state index contributed by atoms with van der Waals surface area (Å²) >= 11 is 0. The minimum atomic E-state index is -3.46. The highest BCUT2D eigenvalue weighted by Crippen LogP contribution is 2.16. The zero-order valence-corrected chi connectivity index (χ0v) is 20.7. The van der Waals surface area contributed by atoms with Crippen LogP contribution in [0.5, 0.6) is 0 Å². The van der Waals surface area contributed by atoms with E-state index in [1.807, 2.05) is 6.92 Å². The summed E-state index contributed by atoms with van der Waals surface area (Å²) in [6.07, 6.45) is 4.98. The number of piperidine rings is 1. The average molecular weight is 538 g/mol. The summed E-state index contributed by atoms with van der Waals surface area (Å²) in [7, 11) is -3.46. The van der Waals surface area contributed by atoms with Gasteiger partial charge < -0.3 is 15.5 Å². The number of halogens is 1. The molecule has 3 N–H and O–H groups in total. The lowest BCUT2D eigenvalue weighted by Gasteiger charge is -2.33. The van der Waals surface area contributed by atoms with Gasteiger partial charge in [-0.15, -0.1) is 24.0 Å². The molecular formula is C20H36IN5O2S. The third-order valence-electron chi connectivity index (χ3n) is 4.92. The maximum atomic E-state index is 12.2. The molecule has 1 unspecified atom stereocenters. The molecule has 0 bridgehead atoms. The summed E-state index contributed by atoms with van der Waals surface area (Å²) in [6, 6.07) is 9.09. The highest BCUT2D eigenvalue weighted by molar-refractivity contribution is 14.0. The zero-order valence-electron chi connectivity index (χ0n) is 17.6. The van der Waals surface area contributed by atoms with Crippen LogP contribution in [0.4, 0.5) is 0 Å². The molecule has 7 nitrogen and oxygen atoms in total. The summed E-state index contributed by atoms with van der Waals surface area (Å²) < 4.78 is 27.0. The zero-order chi connectivity index (χ0) is 20.2. The second-order valence-corrected chi connectivity index (χ2v) is 8.90. The molecule has 29 heavy (non-hydrogen) atoms. The highest BCUT2D eigenvalue weighted by Gasteiger charge is 2.17. The van der Waals surface area contributed by atoms with Crippen molar-refractivity contribution in [3.05, 3.63) is 30.3 Å². The Bertz CT molecular complexity index is 700. The SMILES string of the molecule is CCNC(=NCCCN1CCCCC1C)NCCNS(=O)(=O)c1ccccc1.I. The molecule has 9 heteroatoms. The molecule has 0 saturated carbocycles. The lowest BCUT2D eigenvalue weighted by Crippen LogP contribution is -2.41. The van der Waals surface area contributed by atoms with Gasteiger partial charge in [0, 0.05) is 38.8 Å². The molecule has 2 rings (SSSR count). The third kappa shape index (κ3) is 9.63. The largest absolute Gasteiger partial charge is 0.357 e. The Labute approximate surface area is 193 Å². The fraction of sp³-hybridized carbons (Fsp3) is 0.650. The Kier molecular flexibility index (Phi) is 12.8. The molecule has 1 atom stereocenters. The Balaban J connectivity index is 0.00000420. The van der Waals surface area contributed by atoms with Gasteiger partial charge in [0.15, 0.2) is 5.96 Å². The summed E-state index contributed by atoms with van der Waals surface area (Å²) in [4.78, 5) is 7.44.